The van der Waals surface area contributed by atoms with Crippen molar-refractivity contribution in [2.45, 2.75) is 18.8 Å². The SMILES string of the molecule is CN1CCC([C@@H]2CNc3cc(F)cc4c(=O)[nH]nc2c34)CC1. The molecule has 2 aliphatic rings. The second-order valence-electron chi connectivity index (χ2n) is 6.44. The van der Waals surface area contributed by atoms with E-state index in [-0.39, 0.29) is 11.5 Å². The molecule has 6 heteroatoms. The molecule has 5 nitrogen and oxygen atoms in total. The third kappa shape index (κ3) is 2.09. The molecule has 4 rings (SSSR count). The number of aromatic nitrogens is 2. The van der Waals surface area contributed by atoms with E-state index in [9.17, 15) is 9.18 Å². The molecule has 0 aliphatic carbocycles. The van der Waals surface area contributed by atoms with Gasteiger partial charge in [0, 0.05) is 23.5 Å². The molecule has 0 saturated carbocycles. The first-order valence-corrected chi connectivity index (χ1v) is 7.77. The van der Waals surface area contributed by atoms with Crippen LogP contribution < -0.4 is 10.9 Å². The number of hydrogen-bond acceptors (Lipinski definition) is 4. The zero-order valence-corrected chi connectivity index (χ0v) is 12.5. The smallest absolute Gasteiger partial charge is 0.272 e. The lowest BCUT2D eigenvalue weighted by atomic mass is 9.79. The van der Waals surface area contributed by atoms with Crippen molar-refractivity contribution in [2.75, 3.05) is 32.0 Å². The van der Waals surface area contributed by atoms with E-state index in [2.05, 4.69) is 27.5 Å². The molecule has 0 unspecified atom stereocenters. The van der Waals surface area contributed by atoms with E-state index in [1.165, 1.54) is 12.1 Å². The number of rotatable bonds is 1. The Hall–Kier alpha value is -1.95. The largest absolute Gasteiger partial charge is 0.384 e. The second-order valence-corrected chi connectivity index (χ2v) is 6.44. The monoisotopic (exact) mass is 302 g/mol. The summed E-state index contributed by atoms with van der Waals surface area (Å²) in [6, 6.07) is 2.76. The highest BCUT2D eigenvalue weighted by Gasteiger charge is 2.32. The Morgan fingerprint density at radius 2 is 2.09 bits per heavy atom. The molecule has 1 aromatic heterocycles. The fourth-order valence-corrected chi connectivity index (χ4v) is 3.83. The van der Waals surface area contributed by atoms with Gasteiger partial charge in [-0.1, -0.05) is 0 Å². The lowest BCUT2D eigenvalue weighted by Gasteiger charge is -2.36. The van der Waals surface area contributed by atoms with Crippen LogP contribution in [0, 0.1) is 11.7 Å². The summed E-state index contributed by atoms with van der Waals surface area (Å²) in [7, 11) is 2.14. The number of aromatic amines is 1. The molecule has 2 aromatic rings. The number of benzene rings is 1. The van der Waals surface area contributed by atoms with Crippen LogP contribution in [0.5, 0.6) is 0 Å². The maximum absolute atomic E-state index is 13.7. The number of anilines is 1. The van der Waals surface area contributed by atoms with E-state index in [0.29, 0.717) is 17.0 Å². The average molecular weight is 302 g/mol. The normalized spacial score (nSPS) is 22.7. The minimum absolute atomic E-state index is 0.269. The summed E-state index contributed by atoms with van der Waals surface area (Å²) in [6.45, 7) is 2.92. The van der Waals surface area contributed by atoms with Gasteiger partial charge in [-0.2, -0.15) is 5.10 Å². The lowest BCUT2D eigenvalue weighted by Crippen LogP contribution is -2.36. The minimum atomic E-state index is -0.393. The Bertz CT molecular complexity index is 780. The molecule has 2 aliphatic heterocycles. The lowest BCUT2D eigenvalue weighted by molar-refractivity contribution is 0.199. The van der Waals surface area contributed by atoms with E-state index in [1.807, 2.05) is 0 Å². The van der Waals surface area contributed by atoms with Crippen molar-refractivity contribution in [3.05, 3.63) is 34.0 Å². The quantitative estimate of drug-likeness (QED) is 0.845. The number of nitrogens with one attached hydrogen (secondary N) is 2. The minimum Gasteiger partial charge on any atom is -0.384 e. The van der Waals surface area contributed by atoms with E-state index in [4.69, 9.17) is 0 Å². The van der Waals surface area contributed by atoms with Crippen molar-refractivity contribution in [1.82, 2.24) is 15.1 Å². The predicted molar refractivity (Wildman–Crippen MR) is 83.8 cm³/mol. The predicted octanol–water partition coefficient (Wildman–Crippen LogP) is 1.91. The average Bonchev–Trinajstić information content (AvgIpc) is 2.51. The van der Waals surface area contributed by atoms with Gasteiger partial charge >= 0.3 is 0 Å². The van der Waals surface area contributed by atoms with Crippen molar-refractivity contribution in [1.29, 1.82) is 0 Å². The summed E-state index contributed by atoms with van der Waals surface area (Å²) < 4.78 is 13.7. The Morgan fingerprint density at radius 1 is 1.32 bits per heavy atom. The van der Waals surface area contributed by atoms with Crippen LogP contribution in [0.3, 0.4) is 0 Å². The van der Waals surface area contributed by atoms with Crippen LogP contribution in [0.1, 0.15) is 24.5 Å². The Labute approximate surface area is 127 Å². The number of halogens is 1. The number of likely N-dealkylation sites (tertiary alicyclic amines) is 1. The van der Waals surface area contributed by atoms with Crippen molar-refractivity contribution in [2.24, 2.45) is 5.92 Å². The van der Waals surface area contributed by atoms with Crippen LogP contribution in [0.4, 0.5) is 10.1 Å². The van der Waals surface area contributed by atoms with E-state index in [1.54, 1.807) is 0 Å². The highest BCUT2D eigenvalue weighted by Crippen LogP contribution is 2.40. The van der Waals surface area contributed by atoms with Crippen LogP contribution in [0.25, 0.3) is 10.8 Å². The van der Waals surface area contributed by atoms with Gasteiger partial charge in [0.1, 0.15) is 5.82 Å². The summed E-state index contributed by atoms with van der Waals surface area (Å²) >= 11 is 0. The van der Waals surface area contributed by atoms with E-state index in [0.717, 1.165) is 43.6 Å². The van der Waals surface area contributed by atoms with Crippen molar-refractivity contribution >= 4 is 16.5 Å². The van der Waals surface area contributed by atoms with Gasteiger partial charge in [-0.25, -0.2) is 9.49 Å². The molecule has 1 atom stereocenters. The first-order chi connectivity index (χ1) is 10.6. The van der Waals surface area contributed by atoms with Gasteiger partial charge in [0.25, 0.3) is 5.56 Å². The van der Waals surface area contributed by atoms with Gasteiger partial charge in [-0.05, 0) is 51.0 Å². The molecule has 3 heterocycles. The van der Waals surface area contributed by atoms with Gasteiger partial charge < -0.3 is 10.2 Å². The third-order valence-corrected chi connectivity index (χ3v) is 5.08. The van der Waals surface area contributed by atoms with E-state index >= 15 is 0 Å². The third-order valence-electron chi connectivity index (χ3n) is 5.08. The topological polar surface area (TPSA) is 61.0 Å². The Balaban J connectivity index is 1.83. The van der Waals surface area contributed by atoms with Crippen LogP contribution in [0.2, 0.25) is 0 Å². The number of H-pyrrole nitrogens is 1. The maximum atomic E-state index is 13.7. The zero-order chi connectivity index (χ0) is 15.3. The molecule has 22 heavy (non-hydrogen) atoms. The van der Waals surface area contributed by atoms with Gasteiger partial charge in [0.05, 0.1) is 11.1 Å². The molecule has 0 spiro atoms. The summed E-state index contributed by atoms with van der Waals surface area (Å²) in [5.41, 5.74) is 1.27. The molecule has 1 saturated heterocycles. The van der Waals surface area contributed by atoms with Crippen LogP contribution in [-0.4, -0.2) is 41.8 Å². The zero-order valence-electron chi connectivity index (χ0n) is 12.5. The molecule has 1 aromatic carbocycles. The summed E-state index contributed by atoms with van der Waals surface area (Å²) in [4.78, 5) is 14.3. The van der Waals surface area contributed by atoms with Crippen molar-refractivity contribution in [3.63, 3.8) is 0 Å². The number of hydrogen-bond donors (Lipinski definition) is 2. The Kier molecular flexibility index (Phi) is 3.14. The molecule has 0 amide bonds. The van der Waals surface area contributed by atoms with Crippen LogP contribution in [0.15, 0.2) is 16.9 Å². The summed E-state index contributed by atoms with van der Waals surface area (Å²) in [5.74, 6) is 0.421. The number of piperidine rings is 1. The molecule has 2 N–H and O–H groups in total. The standard InChI is InChI=1S/C16H19FN4O/c1-21-4-2-9(3-5-21)12-8-18-13-7-10(17)6-11-14(13)15(12)19-20-16(11)22/h6-7,9,12,18H,2-5,8H2,1H3,(H,20,22)/t12-/m0/s1. The van der Waals surface area contributed by atoms with Gasteiger partial charge in [-0.15, -0.1) is 0 Å². The fraction of sp³-hybridized carbons (Fsp3) is 0.500. The van der Waals surface area contributed by atoms with Crippen LogP contribution in [-0.2, 0) is 0 Å². The first-order valence-electron chi connectivity index (χ1n) is 7.77. The maximum Gasteiger partial charge on any atom is 0.272 e. The Morgan fingerprint density at radius 3 is 2.86 bits per heavy atom. The van der Waals surface area contributed by atoms with Crippen molar-refractivity contribution < 1.29 is 4.39 Å². The molecular weight excluding hydrogens is 283 g/mol. The first kappa shape index (κ1) is 13.7. The molecule has 1 fully saturated rings. The van der Waals surface area contributed by atoms with Crippen molar-refractivity contribution in [3.8, 4) is 0 Å². The van der Waals surface area contributed by atoms with Crippen LogP contribution >= 0.6 is 0 Å². The summed E-state index contributed by atoms with van der Waals surface area (Å²) in [5, 5.41) is 11.4. The summed E-state index contributed by atoms with van der Waals surface area (Å²) in [6.07, 6.45) is 2.25. The highest BCUT2D eigenvalue weighted by atomic mass is 19.1. The molecular formula is C16H19FN4O. The second kappa shape index (κ2) is 5.05. The molecule has 0 radical (unpaired) electrons. The van der Waals surface area contributed by atoms with Gasteiger partial charge in [0.15, 0.2) is 0 Å². The molecule has 116 valence electrons. The highest BCUT2D eigenvalue weighted by molar-refractivity contribution is 5.96. The fourth-order valence-electron chi connectivity index (χ4n) is 3.83. The van der Waals surface area contributed by atoms with E-state index < -0.39 is 5.82 Å². The molecule has 0 bridgehead atoms. The number of nitrogens with zero attached hydrogens (tertiary/aromatic N) is 2. The van der Waals surface area contributed by atoms with Gasteiger partial charge in [0.2, 0.25) is 0 Å². The van der Waals surface area contributed by atoms with Gasteiger partial charge in [-0.3, -0.25) is 4.79 Å².